The SMILES string of the molecule is Cc1cc(CN(C)C(=O)[C@H]2NCCO[C@@H]2C)no1.Cl. The molecule has 0 bridgehead atoms. The molecule has 2 heterocycles. The topological polar surface area (TPSA) is 67.6 Å². The average Bonchev–Trinajstić information content (AvgIpc) is 2.74. The number of halogens is 1. The van der Waals surface area contributed by atoms with Gasteiger partial charge in [0.1, 0.15) is 17.5 Å². The number of ether oxygens (including phenoxy) is 1. The van der Waals surface area contributed by atoms with Crippen LogP contribution in [0.1, 0.15) is 18.4 Å². The van der Waals surface area contributed by atoms with Crippen molar-refractivity contribution in [1.29, 1.82) is 0 Å². The summed E-state index contributed by atoms with van der Waals surface area (Å²) in [6.45, 7) is 5.54. The van der Waals surface area contributed by atoms with Gasteiger partial charge >= 0.3 is 0 Å². The van der Waals surface area contributed by atoms with Gasteiger partial charge < -0.3 is 19.5 Å². The van der Waals surface area contributed by atoms with Crippen molar-refractivity contribution in [1.82, 2.24) is 15.4 Å². The van der Waals surface area contributed by atoms with Gasteiger partial charge in [0.05, 0.1) is 19.3 Å². The van der Waals surface area contributed by atoms with Gasteiger partial charge in [-0.05, 0) is 13.8 Å². The summed E-state index contributed by atoms with van der Waals surface area (Å²) in [5.41, 5.74) is 0.757. The first kappa shape index (κ1) is 15.9. The molecule has 7 heteroatoms. The lowest BCUT2D eigenvalue weighted by molar-refractivity contribution is -0.138. The van der Waals surface area contributed by atoms with Crippen LogP contribution in [0.2, 0.25) is 0 Å². The molecular formula is C12H20ClN3O3. The Hall–Kier alpha value is -1.11. The number of aromatic nitrogens is 1. The van der Waals surface area contributed by atoms with Gasteiger partial charge in [0.15, 0.2) is 0 Å². The third kappa shape index (κ3) is 3.92. The highest BCUT2D eigenvalue weighted by Gasteiger charge is 2.30. The van der Waals surface area contributed by atoms with Gasteiger partial charge in [0.25, 0.3) is 0 Å². The van der Waals surface area contributed by atoms with E-state index in [2.05, 4.69) is 10.5 Å². The lowest BCUT2D eigenvalue weighted by Crippen LogP contribution is -2.55. The van der Waals surface area contributed by atoms with Crippen molar-refractivity contribution in [2.45, 2.75) is 32.5 Å². The number of amides is 1. The highest BCUT2D eigenvalue weighted by molar-refractivity contribution is 5.85. The lowest BCUT2D eigenvalue weighted by Gasteiger charge is -2.32. The first-order chi connectivity index (χ1) is 8.58. The molecule has 6 nitrogen and oxygen atoms in total. The van der Waals surface area contributed by atoms with E-state index in [1.54, 1.807) is 11.9 Å². The van der Waals surface area contributed by atoms with Crippen LogP contribution >= 0.6 is 12.4 Å². The molecule has 1 aliphatic rings. The van der Waals surface area contributed by atoms with Gasteiger partial charge in [0.2, 0.25) is 5.91 Å². The minimum absolute atomic E-state index is 0. The summed E-state index contributed by atoms with van der Waals surface area (Å²) in [5.74, 6) is 0.765. The van der Waals surface area contributed by atoms with Crippen LogP contribution in [-0.4, -0.2) is 48.3 Å². The van der Waals surface area contributed by atoms with Crippen LogP contribution in [0.25, 0.3) is 0 Å². The fraction of sp³-hybridized carbons (Fsp3) is 0.667. The van der Waals surface area contributed by atoms with E-state index in [9.17, 15) is 4.79 Å². The largest absolute Gasteiger partial charge is 0.375 e. The minimum atomic E-state index is -0.281. The van der Waals surface area contributed by atoms with E-state index in [0.717, 1.165) is 11.5 Å². The molecule has 1 fully saturated rings. The van der Waals surface area contributed by atoms with E-state index in [0.29, 0.717) is 19.7 Å². The highest BCUT2D eigenvalue weighted by atomic mass is 35.5. The lowest BCUT2D eigenvalue weighted by atomic mass is 10.1. The number of hydrogen-bond acceptors (Lipinski definition) is 5. The summed E-state index contributed by atoms with van der Waals surface area (Å²) >= 11 is 0. The van der Waals surface area contributed by atoms with Gasteiger partial charge in [-0.25, -0.2) is 0 Å². The van der Waals surface area contributed by atoms with E-state index in [1.165, 1.54) is 0 Å². The second-order valence-electron chi connectivity index (χ2n) is 4.63. The van der Waals surface area contributed by atoms with Crippen molar-refractivity contribution >= 4 is 18.3 Å². The summed E-state index contributed by atoms with van der Waals surface area (Å²) in [6.07, 6.45) is -0.104. The van der Waals surface area contributed by atoms with Crippen molar-refractivity contribution in [2.75, 3.05) is 20.2 Å². The Morgan fingerprint density at radius 3 is 2.95 bits per heavy atom. The molecule has 1 aromatic rings. The number of rotatable bonds is 3. The molecule has 0 spiro atoms. The second-order valence-corrected chi connectivity index (χ2v) is 4.63. The van der Waals surface area contributed by atoms with E-state index in [-0.39, 0.29) is 30.5 Å². The van der Waals surface area contributed by atoms with Crippen molar-refractivity contribution in [3.8, 4) is 0 Å². The summed E-state index contributed by atoms with van der Waals surface area (Å²) in [5, 5.41) is 7.06. The van der Waals surface area contributed by atoms with Gasteiger partial charge in [-0.1, -0.05) is 5.16 Å². The third-order valence-electron chi connectivity index (χ3n) is 3.03. The number of aryl methyl sites for hydroxylation is 1. The van der Waals surface area contributed by atoms with Gasteiger partial charge in [-0.3, -0.25) is 4.79 Å². The average molecular weight is 290 g/mol. The number of carbonyl (C=O) groups excluding carboxylic acids is 1. The Labute approximate surface area is 118 Å². The summed E-state index contributed by atoms with van der Waals surface area (Å²) < 4.78 is 10.5. The molecule has 1 saturated heterocycles. The highest BCUT2D eigenvalue weighted by Crippen LogP contribution is 2.10. The zero-order valence-corrected chi connectivity index (χ0v) is 12.2. The van der Waals surface area contributed by atoms with E-state index in [1.807, 2.05) is 19.9 Å². The quantitative estimate of drug-likeness (QED) is 0.889. The predicted octanol–water partition coefficient (Wildman–Crippen LogP) is 0.740. The van der Waals surface area contributed by atoms with Crippen LogP contribution in [-0.2, 0) is 16.1 Å². The molecule has 0 radical (unpaired) electrons. The zero-order chi connectivity index (χ0) is 13.1. The van der Waals surface area contributed by atoms with Crippen LogP contribution in [0.4, 0.5) is 0 Å². The first-order valence-corrected chi connectivity index (χ1v) is 6.10. The Morgan fingerprint density at radius 2 is 2.37 bits per heavy atom. The second kappa shape index (κ2) is 6.88. The fourth-order valence-electron chi connectivity index (χ4n) is 2.06. The number of carbonyl (C=O) groups is 1. The summed E-state index contributed by atoms with van der Waals surface area (Å²) in [7, 11) is 1.76. The molecule has 1 aromatic heterocycles. The maximum atomic E-state index is 12.2. The number of likely N-dealkylation sites (N-methyl/N-ethyl adjacent to an activating group) is 1. The third-order valence-corrected chi connectivity index (χ3v) is 3.03. The molecule has 1 amide bonds. The molecule has 1 aliphatic heterocycles. The predicted molar refractivity (Wildman–Crippen MR) is 72.2 cm³/mol. The number of hydrogen-bond donors (Lipinski definition) is 1. The molecule has 0 saturated carbocycles. The van der Waals surface area contributed by atoms with Crippen molar-refractivity contribution < 1.29 is 14.1 Å². The number of nitrogens with one attached hydrogen (secondary N) is 1. The molecule has 2 atom stereocenters. The van der Waals surface area contributed by atoms with Crippen molar-refractivity contribution in [3.63, 3.8) is 0 Å². The summed E-state index contributed by atoms with van der Waals surface area (Å²) in [6, 6.07) is 1.55. The van der Waals surface area contributed by atoms with Gasteiger partial charge in [-0.2, -0.15) is 0 Å². The van der Waals surface area contributed by atoms with Crippen LogP contribution in [0.15, 0.2) is 10.6 Å². The first-order valence-electron chi connectivity index (χ1n) is 6.10. The summed E-state index contributed by atoms with van der Waals surface area (Å²) in [4.78, 5) is 13.9. The van der Waals surface area contributed by atoms with Crippen molar-refractivity contribution in [2.24, 2.45) is 0 Å². The molecule has 108 valence electrons. The standard InChI is InChI=1S/C12H19N3O3.ClH/c1-8-6-10(14-18-8)7-15(3)12(16)11-9(2)17-5-4-13-11;/h6,9,11,13H,4-5,7H2,1-3H3;1H/t9-,11+;/m1./s1. The molecule has 0 aromatic carbocycles. The minimum Gasteiger partial charge on any atom is -0.375 e. The number of morpholine rings is 1. The molecule has 2 rings (SSSR count). The van der Waals surface area contributed by atoms with Crippen LogP contribution in [0.3, 0.4) is 0 Å². The monoisotopic (exact) mass is 289 g/mol. The maximum Gasteiger partial charge on any atom is 0.242 e. The van der Waals surface area contributed by atoms with Crippen LogP contribution < -0.4 is 5.32 Å². The Morgan fingerprint density at radius 1 is 1.63 bits per heavy atom. The Kier molecular flexibility index (Phi) is 5.78. The fourth-order valence-corrected chi connectivity index (χ4v) is 2.06. The van der Waals surface area contributed by atoms with E-state index >= 15 is 0 Å². The van der Waals surface area contributed by atoms with E-state index < -0.39 is 0 Å². The zero-order valence-electron chi connectivity index (χ0n) is 11.4. The number of nitrogens with zero attached hydrogens (tertiary/aromatic N) is 2. The van der Waals surface area contributed by atoms with Crippen LogP contribution in [0.5, 0.6) is 0 Å². The Balaban J connectivity index is 0.00000180. The molecule has 0 aliphatic carbocycles. The van der Waals surface area contributed by atoms with E-state index in [4.69, 9.17) is 9.26 Å². The van der Waals surface area contributed by atoms with Gasteiger partial charge in [0, 0.05) is 19.7 Å². The Bertz CT molecular complexity index is 424. The van der Waals surface area contributed by atoms with Gasteiger partial charge in [-0.15, -0.1) is 12.4 Å². The van der Waals surface area contributed by atoms with Crippen LogP contribution in [0, 0.1) is 6.92 Å². The molecule has 0 unspecified atom stereocenters. The smallest absolute Gasteiger partial charge is 0.242 e. The molecular weight excluding hydrogens is 270 g/mol. The van der Waals surface area contributed by atoms with Crippen molar-refractivity contribution in [3.05, 3.63) is 17.5 Å². The molecule has 1 N–H and O–H groups in total. The normalized spacial score (nSPS) is 22.7. The maximum absolute atomic E-state index is 12.2. The molecule has 19 heavy (non-hydrogen) atoms.